The highest BCUT2D eigenvalue weighted by Gasteiger charge is 2.47. The van der Waals surface area contributed by atoms with Gasteiger partial charge in [0.1, 0.15) is 0 Å². The number of nitrogens with two attached hydrogens (primary N) is 1. The monoisotopic (exact) mass is 326 g/mol. The van der Waals surface area contributed by atoms with E-state index in [4.69, 9.17) is 28.9 Å². The van der Waals surface area contributed by atoms with Crippen molar-refractivity contribution >= 4 is 35.0 Å². The van der Waals surface area contributed by atoms with E-state index in [1.807, 2.05) is 12.1 Å². The minimum absolute atomic E-state index is 0.00568. The Morgan fingerprint density at radius 2 is 2.00 bits per heavy atom. The van der Waals surface area contributed by atoms with Crippen LogP contribution in [0.4, 0.5) is 0 Å². The zero-order chi connectivity index (χ0) is 15.1. The first kappa shape index (κ1) is 14.7. The summed E-state index contributed by atoms with van der Waals surface area (Å²) < 4.78 is 0. The van der Waals surface area contributed by atoms with Gasteiger partial charge < -0.3 is 10.6 Å². The van der Waals surface area contributed by atoms with Crippen LogP contribution in [0, 0.1) is 11.8 Å². The van der Waals surface area contributed by atoms with Crippen molar-refractivity contribution in [2.24, 2.45) is 17.6 Å². The van der Waals surface area contributed by atoms with Gasteiger partial charge in [0, 0.05) is 19.0 Å². The summed E-state index contributed by atoms with van der Waals surface area (Å²) in [5, 5.41) is 1.04. The van der Waals surface area contributed by atoms with E-state index >= 15 is 0 Å². The molecule has 0 spiro atoms. The Morgan fingerprint density at radius 1 is 1.24 bits per heavy atom. The standard InChI is InChI=1S/C15H16Cl2N2O2/c16-12-2-1-8(5-13(12)17)10-6-11(10)15(21)19-4-3-9(7-19)14(18)20/h1-2,5,9-11H,3-4,6-7H2,(H2,18,20)/t9-,10-,11-/m1/s1. The Labute approximate surface area is 133 Å². The molecule has 0 radical (unpaired) electrons. The number of carbonyl (C=O) groups excluding carboxylic acids is 2. The van der Waals surface area contributed by atoms with Gasteiger partial charge in [-0.2, -0.15) is 0 Å². The van der Waals surface area contributed by atoms with Crippen molar-refractivity contribution < 1.29 is 9.59 Å². The van der Waals surface area contributed by atoms with E-state index in [1.165, 1.54) is 0 Å². The molecule has 1 aliphatic heterocycles. The summed E-state index contributed by atoms with van der Waals surface area (Å²) in [4.78, 5) is 25.4. The second kappa shape index (κ2) is 5.50. The van der Waals surface area contributed by atoms with Crippen LogP contribution in [0.3, 0.4) is 0 Å². The van der Waals surface area contributed by atoms with Gasteiger partial charge in [-0.1, -0.05) is 29.3 Å². The molecular weight excluding hydrogens is 311 g/mol. The molecule has 0 bridgehead atoms. The SMILES string of the molecule is NC(=O)[C@@H]1CCN(C(=O)[C@@H]2C[C@@H]2c2ccc(Cl)c(Cl)c2)C1. The van der Waals surface area contributed by atoms with Crippen molar-refractivity contribution in [3.8, 4) is 0 Å². The van der Waals surface area contributed by atoms with Crippen LogP contribution in [0.1, 0.15) is 24.3 Å². The molecule has 1 aromatic carbocycles. The third-order valence-electron chi connectivity index (χ3n) is 4.38. The topological polar surface area (TPSA) is 63.4 Å². The minimum Gasteiger partial charge on any atom is -0.369 e. The normalized spacial score (nSPS) is 27.7. The van der Waals surface area contributed by atoms with Crippen molar-refractivity contribution in [1.29, 1.82) is 0 Å². The molecule has 1 saturated heterocycles. The Balaban J connectivity index is 1.64. The maximum atomic E-state index is 12.4. The molecule has 2 amide bonds. The molecule has 1 aliphatic carbocycles. The molecule has 21 heavy (non-hydrogen) atoms. The van der Waals surface area contributed by atoms with Gasteiger partial charge in [0.25, 0.3) is 0 Å². The Bertz CT molecular complexity index is 605. The highest BCUT2D eigenvalue weighted by atomic mass is 35.5. The van der Waals surface area contributed by atoms with E-state index in [9.17, 15) is 9.59 Å². The first-order valence-electron chi connectivity index (χ1n) is 7.00. The van der Waals surface area contributed by atoms with Crippen molar-refractivity contribution in [3.05, 3.63) is 33.8 Å². The van der Waals surface area contributed by atoms with Crippen molar-refractivity contribution in [2.45, 2.75) is 18.8 Å². The molecule has 4 nitrogen and oxygen atoms in total. The van der Waals surface area contributed by atoms with E-state index in [-0.39, 0.29) is 29.6 Å². The maximum absolute atomic E-state index is 12.4. The van der Waals surface area contributed by atoms with E-state index in [1.54, 1.807) is 11.0 Å². The fraction of sp³-hybridized carbons (Fsp3) is 0.467. The van der Waals surface area contributed by atoms with Gasteiger partial charge in [0.05, 0.1) is 16.0 Å². The zero-order valence-electron chi connectivity index (χ0n) is 11.4. The van der Waals surface area contributed by atoms with Crippen molar-refractivity contribution in [2.75, 3.05) is 13.1 Å². The number of nitrogens with zero attached hydrogens (tertiary/aromatic N) is 1. The third-order valence-corrected chi connectivity index (χ3v) is 5.12. The summed E-state index contributed by atoms with van der Waals surface area (Å²) in [7, 11) is 0. The number of halogens is 2. The highest BCUT2D eigenvalue weighted by Crippen LogP contribution is 2.49. The molecular formula is C15H16Cl2N2O2. The Morgan fingerprint density at radius 3 is 2.62 bits per heavy atom. The van der Waals surface area contributed by atoms with E-state index in [0.717, 1.165) is 12.0 Å². The van der Waals surface area contributed by atoms with Crippen LogP contribution >= 0.6 is 23.2 Å². The zero-order valence-corrected chi connectivity index (χ0v) is 12.9. The van der Waals surface area contributed by atoms with E-state index < -0.39 is 0 Å². The lowest BCUT2D eigenvalue weighted by molar-refractivity contribution is -0.132. The van der Waals surface area contributed by atoms with E-state index in [0.29, 0.717) is 29.6 Å². The average Bonchev–Trinajstić information content (AvgIpc) is 3.08. The van der Waals surface area contributed by atoms with Gasteiger partial charge >= 0.3 is 0 Å². The predicted molar refractivity (Wildman–Crippen MR) is 81.2 cm³/mol. The van der Waals surface area contributed by atoms with Crippen molar-refractivity contribution in [3.63, 3.8) is 0 Å². The first-order valence-corrected chi connectivity index (χ1v) is 7.76. The molecule has 3 rings (SSSR count). The van der Waals surface area contributed by atoms with Gasteiger partial charge in [-0.3, -0.25) is 9.59 Å². The van der Waals surface area contributed by atoms with Crippen molar-refractivity contribution in [1.82, 2.24) is 4.90 Å². The number of benzene rings is 1. The smallest absolute Gasteiger partial charge is 0.226 e. The number of amides is 2. The van der Waals surface area contributed by atoms with Gasteiger partial charge in [-0.25, -0.2) is 0 Å². The van der Waals surface area contributed by atoms with Gasteiger partial charge in [0.15, 0.2) is 0 Å². The molecule has 1 aromatic rings. The average molecular weight is 327 g/mol. The lowest BCUT2D eigenvalue weighted by Crippen LogP contribution is -2.32. The molecule has 2 fully saturated rings. The fourth-order valence-corrected chi connectivity index (χ4v) is 3.31. The van der Waals surface area contributed by atoms with Crippen LogP contribution in [-0.2, 0) is 9.59 Å². The van der Waals surface area contributed by atoms with Crippen LogP contribution in [0.2, 0.25) is 10.0 Å². The molecule has 2 aliphatic rings. The molecule has 3 atom stereocenters. The fourth-order valence-electron chi connectivity index (χ4n) is 3.01. The summed E-state index contributed by atoms with van der Waals surface area (Å²) in [6.07, 6.45) is 1.50. The van der Waals surface area contributed by atoms with Crippen LogP contribution < -0.4 is 5.73 Å². The van der Waals surface area contributed by atoms with Crippen LogP contribution in [0.15, 0.2) is 18.2 Å². The van der Waals surface area contributed by atoms with Crippen LogP contribution in [0.5, 0.6) is 0 Å². The molecule has 0 aromatic heterocycles. The number of likely N-dealkylation sites (tertiary alicyclic amines) is 1. The molecule has 0 unspecified atom stereocenters. The molecule has 112 valence electrons. The first-order chi connectivity index (χ1) is 9.97. The summed E-state index contributed by atoms with van der Waals surface area (Å²) in [5.41, 5.74) is 6.35. The number of hydrogen-bond donors (Lipinski definition) is 1. The number of hydrogen-bond acceptors (Lipinski definition) is 2. The maximum Gasteiger partial charge on any atom is 0.226 e. The number of carbonyl (C=O) groups is 2. The largest absolute Gasteiger partial charge is 0.369 e. The predicted octanol–water partition coefficient (Wildman–Crippen LogP) is 2.43. The highest BCUT2D eigenvalue weighted by molar-refractivity contribution is 6.42. The van der Waals surface area contributed by atoms with Crippen LogP contribution in [0.25, 0.3) is 0 Å². The number of rotatable bonds is 3. The summed E-state index contributed by atoms with van der Waals surface area (Å²) in [5.74, 6) is -0.193. The molecule has 2 N–H and O–H groups in total. The molecule has 1 heterocycles. The molecule has 6 heteroatoms. The van der Waals surface area contributed by atoms with Gasteiger partial charge in [-0.05, 0) is 36.5 Å². The minimum atomic E-state index is -0.317. The van der Waals surface area contributed by atoms with Gasteiger partial charge in [-0.15, -0.1) is 0 Å². The van der Waals surface area contributed by atoms with Crippen LogP contribution in [-0.4, -0.2) is 29.8 Å². The number of primary amides is 1. The lowest BCUT2D eigenvalue weighted by atomic mass is 10.1. The lowest BCUT2D eigenvalue weighted by Gasteiger charge is -2.16. The second-order valence-corrected chi connectivity index (χ2v) is 6.61. The Kier molecular flexibility index (Phi) is 3.84. The summed E-state index contributed by atoms with van der Waals surface area (Å²) >= 11 is 11.9. The quantitative estimate of drug-likeness (QED) is 0.927. The van der Waals surface area contributed by atoms with Gasteiger partial charge in [0.2, 0.25) is 11.8 Å². The Hall–Kier alpha value is -1.26. The summed E-state index contributed by atoms with van der Waals surface area (Å²) in [6.45, 7) is 1.08. The summed E-state index contributed by atoms with van der Waals surface area (Å²) in [6, 6.07) is 5.51. The molecule has 1 saturated carbocycles. The van der Waals surface area contributed by atoms with E-state index in [2.05, 4.69) is 0 Å². The third kappa shape index (κ3) is 2.87. The second-order valence-electron chi connectivity index (χ2n) is 5.79.